The van der Waals surface area contributed by atoms with E-state index in [2.05, 4.69) is 46.4 Å². The van der Waals surface area contributed by atoms with Gasteiger partial charge < -0.3 is 10.2 Å². The number of hydrogen-bond acceptors (Lipinski definition) is 7. The molecule has 38 heavy (non-hydrogen) atoms. The summed E-state index contributed by atoms with van der Waals surface area (Å²) in [7, 11) is 1.91. The fraction of sp³-hybridized carbons (Fsp3) is 0.345. The lowest BCUT2D eigenvalue weighted by Gasteiger charge is -2.24. The van der Waals surface area contributed by atoms with Crippen molar-refractivity contribution in [3.63, 3.8) is 0 Å². The minimum Gasteiger partial charge on any atom is -0.354 e. The summed E-state index contributed by atoms with van der Waals surface area (Å²) in [6, 6.07) is 16.2. The normalized spacial score (nSPS) is 16.9. The molecule has 0 bridgehead atoms. The van der Waals surface area contributed by atoms with Crippen molar-refractivity contribution in [1.29, 1.82) is 0 Å². The van der Waals surface area contributed by atoms with Gasteiger partial charge in [-0.2, -0.15) is 0 Å². The molecule has 2 aliphatic heterocycles. The number of carbonyl (C=O) groups is 1. The van der Waals surface area contributed by atoms with E-state index in [1.807, 2.05) is 54.9 Å². The molecule has 9 nitrogen and oxygen atoms in total. The fourth-order valence-electron chi connectivity index (χ4n) is 5.60. The summed E-state index contributed by atoms with van der Waals surface area (Å²) in [6.45, 7) is 8.23. The molecule has 1 unspecified atom stereocenters. The Kier molecular flexibility index (Phi) is 6.15. The third-order valence-electron chi connectivity index (χ3n) is 7.60. The van der Waals surface area contributed by atoms with Gasteiger partial charge in [-0.05, 0) is 70.5 Å². The molecule has 5 heterocycles. The molecule has 0 saturated carbocycles. The van der Waals surface area contributed by atoms with Crippen molar-refractivity contribution in [3.8, 4) is 17.2 Å². The van der Waals surface area contributed by atoms with Crippen LogP contribution in [0.3, 0.4) is 0 Å². The Hall–Kier alpha value is -4.11. The van der Waals surface area contributed by atoms with Crippen LogP contribution in [0.1, 0.15) is 52.8 Å². The highest BCUT2D eigenvalue weighted by Gasteiger charge is 2.34. The first-order valence-electron chi connectivity index (χ1n) is 13.2. The first-order chi connectivity index (χ1) is 18.5. The number of nitrogens with one attached hydrogen (secondary N) is 1. The van der Waals surface area contributed by atoms with Gasteiger partial charge in [0, 0.05) is 24.7 Å². The molecule has 2 aliphatic rings. The number of nitrogens with zero attached hydrogens (tertiary/aromatic N) is 7. The minimum absolute atomic E-state index is 0.0472. The molecule has 0 aliphatic carbocycles. The van der Waals surface area contributed by atoms with E-state index >= 15 is 0 Å². The van der Waals surface area contributed by atoms with Gasteiger partial charge in [-0.15, -0.1) is 10.2 Å². The molecule has 0 radical (unpaired) electrons. The predicted octanol–water partition coefficient (Wildman–Crippen LogP) is 4.21. The third-order valence-corrected chi connectivity index (χ3v) is 7.60. The Labute approximate surface area is 222 Å². The first-order valence-corrected chi connectivity index (χ1v) is 13.2. The molecule has 1 fully saturated rings. The predicted molar refractivity (Wildman–Crippen MR) is 148 cm³/mol. The molecule has 194 valence electrons. The van der Waals surface area contributed by atoms with E-state index in [9.17, 15) is 4.79 Å². The Morgan fingerprint density at radius 1 is 1.03 bits per heavy atom. The molecule has 1 aromatic carbocycles. The maximum atomic E-state index is 13.8. The second-order valence-electron chi connectivity index (χ2n) is 10.1. The van der Waals surface area contributed by atoms with Crippen LogP contribution >= 0.6 is 0 Å². The number of para-hydroxylation sites is 1. The summed E-state index contributed by atoms with van der Waals surface area (Å²) in [5.74, 6) is 2.85. The van der Waals surface area contributed by atoms with Crippen molar-refractivity contribution >= 4 is 17.5 Å². The Balaban J connectivity index is 1.38. The fourth-order valence-corrected chi connectivity index (χ4v) is 5.60. The number of fused-ring (bicyclic) bond motifs is 1. The molecular formula is C29H32N8O. The van der Waals surface area contributed by atoms with Crippen molar-refractivity contribution in [2.24, 2.45) is 0 Å². The lowest BCUT2D eigenvalue weighted by Crippen LogP contribution is -2.28. The topological polar surface area (TPSA) is 92.1 Å². The number of aromatic nitrogens is 5. The van der Waals surface area contributed by atoms with Crippen LogP contribution in [0.2, 0.25) is 0 Å². The van der Waals surface area contributed by atoms with E-state index in [0.29, 0.717) is 42.0 Å². The monoisotopic (exact) mass is 508 g/mol. The summed E-state index contributed by atoms with van der Waals surface area (Å²) in [5, 5.41) is 12.0. The van der Waals surface area contributed by atoms with E-state index in [4.69, 9.17) is 9.97 Å². The quantitative estimate of drug-likeness (QED) is 0.417. The SMILES string of the molecule is CNCc1nc(N2CCCC2C)cc2c1CN(c1cccc(-c3nnc(C)n3-c3ccccc3C)n1)C2=O. The maximum Gasteiger partial charge on any atom is 0.260 e. The van der Waals surface area contributed by atoms with Gasteiger partial charge in [0.2, 0.25) is 0 Å². The summed E-state index contributed by atoms with van der Waals surface area (Å²) in [6.07, 6.45) is 2.29. The van der Waals surface area contributed by atoms with Crippen LogP contribution in [0.25, 0.3) is 17.2 Å². The Morgan fingerprint density at radius 2 is 1.87 bits per heavy atom. The van der Waals surface area contributed by atoms with E-state index in [1.54, 1.807) is 4.90 Å². The Morgan fingerprint density at radius 3 is 2.63 bits per heavy atom. The van der Waals surface area contributed by atoms with Crippen LogP contribution in [0.5, 0.6) is 0 Å². The first kappa shape index (κ1) is 24.2. The zero-order valence-electron chi connectivity index (χ0n) is 22.3. The number of rotatable bonds is 6. The minimum atomic E-state index is -0.0472. The van der Waals surface area contributed by atoms with Gasteiger partial charge in [-0.25, -0.2) is 9.97 Å². The molecule has 3 aromatic heterocycles. The molecule has 0 spiro atoms. The van der Waals surface area contributed by atoms with Crippen molar-refractivity contribution in [2.75, 3.05) is 23.4 Å². The van der Waals surface area contributed by atoms with Crippen LogP contribution in [0.15, 0.2) is 48.5 Å². The van der Waals surface area contributed by atoms with Crippen molar-refractivity contribution in [3.05, 3.63) is 76.7 Å². The summed E-state index contributed by atoms with van der Waals surface area (Å²) in [4.78, 5) is 27.7. The zero-order valence-corrected chi connectivity index (χ0v) is 22.3. The largest absolute Gasteiger partial charge is 0.354 e. The number of carbonyl (C=O) groups excluding carboxylic acids is 1. The van der Waals surface area contributed by atoms with Gasteiger partial charge in [-0.1, -0.05) is 24.3 Å². The summed E-state index contributed by atoms with van der Waals surface area (Å²) < 4.78 is 2.01. The second kappa shape index (κ2) is 9.64. The van der Waals surface area contributed by atoms with Crippen molar-refractivity contribution in [2.45, 2.75) is 52.7 Å². The van der Waals surface area contributed by atoms with Gasteiger partial charge >= 0.3 is 0 Å². The van der Waals surface area contributed by atoms with E-state index < -0.39 is 0 Å². The van der Waals surface area contributed by atoms with Gasteiger partial charge in [0.1, 0.15) is 23.2 Å². The Bertz CT molecular complexity index is 1530. The molecule has 1 atom stereocenters. The second-order valence-corrected chi connectivity index (χ2v) is 10.1. The molecule has 1 saturated heterocycles. The zero-order chi connectivity index (χ0) is 26.4. The summed E-state index contributed by atoms with van der Waals surface area (Å²) in [5.41, 5.74) is 5.38. The number of hydrogen-bond donors (Lipinski definition) is 1. The number of benzene rings is 1. The van der Waals surface area contributed by atoms with Crippen LogP contribution in [0, 0.1) is 13.8 Å². The number of anilines is 2. The van der Waals surface area contributed by atoms with Crippen LogP contribution in [-0.4, -0.2) is 50.3 Å². The molecule has 9 heteroatoms. The number of aryl methyl sites for hydroxylation is 2. The number of amides is 1. The summed E-state index contributed by atoms with van der Waals surface area (Å²) >= 11 is 0. The van der Waals surface area contributed by atoms with Crippen LogP contribution in [-0.2, 0) is 13.1 Å². The van der Waals surface area contributed by atoms with Crippen LogP contribution < -0.4 is 15.1 Å². The third kappa shape index (κ3) is 4.03. The van der Waals surface area contributed by atoms with E-state index in [0.717, 1.165) is 53.5 Å². The highest BCUT2D eigenvalue weighted by molar-refractivity contribution is 6.10. The van der Waals surface area contributed by atoms with Gasteiger partial charge in [0.05, 0.1) is 23.5 Å². The van der Waals surface area contributed by atoms with Crippen LogP contribution in [0.4, 0.5) is 11.6 Å². The maximum absolute atomic E-state index is 13.8. The molecule has 4 aromatic rings. The lowest BCUT2D eigenvalue weighted by atomic mass is 10.1. The molecule has 1 N–H and O–H groups in total. The smallest absolute Gasteiger partial charge is 0.260 e. The lowest BCUT2D eigenvalue weighted by molar-refractivity contribution is 0.0996. The number of pyridine rings is 2. The molecule has 1 amide bonds. The average Bonchev–Trinajstić information content (AvgIpc) is 3.62. The average molecular weight is 509 g/mol. The highest BCUT2D eigenvalue weighted by atomic mass is 16.2. The molecular weight excluding hydrogens is 476 g/mol. The van der Waals surface area contributed by atoms with Gasteiger partial charge in [0.25, 0.3) is 5.91 Å². The standard InChI is InChI=1S/C29H32N8O/c1-18-9-5-6-12-25(18)37-20(3)33-34-28(37)23-11-7-13-26(31-23)36-17-22-21(29(36)38)15-27(32-24(22)16-30-4)35-14-8-10-19(35)2/h5-7,9,11-13,15,19,30H,8,10,14,16-17H2,1-4H3. The highest BCUT2D eigenvalue weighted by Crippen LogP contribution is 2.34. The van der Waals surface area contributed by atoms with Crippen molar-refractivity contribution in [1.82, 2.24) is 30.0 Å². The van der Waals surface area contributed by atoms with Crippen molar-refractivity contribution < 1.29 is 4.79 Å². The van der Waals surface area contributed by atoms with E-state index in [1.165, 1.54) is 0 Å². The van der Waals surface area contributed by atoms with E-state index in [-0.39, 0.29) is 5.91 Å². The molecule has 6 rings (SSSR count). The van der Waals surface area contributed by atoms with Gasteiger partial charge in [0.15, 0.2) is 5.82 Å². The van der Waals surface area contributed by atoms with Gasteiger partial charge in [-0.3, -0.25) is 14.3 Å².